The molecule has 1 aromatic carbocycles. The van der Waals surface area contributed by atoms with Gasteiger partial charge in [0.15, 0.2) is 11.4 Å². The summed E-state index contributed by atoms with van der Waals surface area (Å²) in [4.78, 5) is 40.4. The molecule has 5 fully saturated rings. The van der Waals surface area contributed by atoms with Gasteiger partial charge in [-0.05, 0) is 17.7 Å². The monoisotopic (exact) mass is 560 g/mol. The highest BCUT2D eigenvalue weighted by molar-refractivity contribution is 5.98. The van der Waals surface area contributed by atoms with E-state index < -0.39 is 94.8 Å². The van der Waals surface area contributed by atoms with E-state index in [4.69, 9.17) is 14.2 Å². The zero-order valence-corrected chi connectivity index (χ0v) is 22.9. The topological polar surface area (TPSA) is 180 Å². The van der Waals surface area contributed by atoms with Gasteiger partial charge in [-0.3, -0.25) is 9.59 Å². The quantitative estimate of drug-likeness (QED) is 0.252. The Kier molecular flexibility index (Phi) is 6.43. The number of ketones is 1. The SMILES string of the molecule is C=C1[C@@H]2C[C@@]3(OC(=O)c4ccccc4)C(=O)[C@@H]4[C@](O)(COC(C)=O)[C@@H](O)C[C@H](O)[C@@]4(C)[C@](O)(O2)[C@@H](O)[C@@H]1C3(C)C. The fraction of sp³-hybridized carbons (Fsp3) is 0.621. The Labute approximate surface area is 231 Å². The third-order valence-corrected chi connectivity index (χ3v) is 10.2. The molecular formula is C29H36O11. The molecule has 11 heteroatoms. The van der Waals surface area contributed by atoms with Crippen molar-refractivity contribution in [2.75, 3.05) is 6.61 Å². The van der Waals surface area contributed by atoms with Crippen LogP contribution in [0.3, 0.4) is 0 Å². The summed E-state index contributed by atoms with van der Waals surface area (Å²) in [6.07, 6.45) is -7.23. The number of carbonyl (C=O) groups is 3. The van der Waals surface area contributed by atoms with Crippen molar-refractivity contribution in [2.45, 2.75) is 81.9 Å². The van der Waals surface area contributed by atoms with E-state index in [1.807, 2.05) is 0 Å². The Bertz CT molecular complexity index is 1260. The summed E-state index contributed by atoms with van der Waals surface area (Å²) in [5, 5.41) is 58.5. The Balaban J connectivity index is 1.79. The molecule has 40 heavy (non-hydrogen) atoms. The third-order valence-electron chi connectivity index (χ3n) is 10.2. The van der Waals surface area contributed by atoms with Gasteiger partial charge in [0.25, 0.3) is 0 Å². The average Bonchev–Trinajstić information content (AvgIpc) is 2.88. The van der Waals surface area contributed by atoms with Crippen molar-refractivity contribution < 1.29 is 54.1 Å². The highest BCUT2D eigenvalue weighted by atomic mass is 16.7. The van der Waals surface area contributed by atoms with Crippen molar-refractivity contribution >= 4 is 17.7 Å². The molecule has 4 bridgehead atoms. The number of aliphatic hydroxyl groups excluding tert-OH is 3. The van der Waals surface area contributed by atoms with Gasteiger partial charge >= 0.3 is 11.9 Å². The molecule has 2 saturated heterocycles. The summed E-state index contributed by atoms with van der Waals surface area (Å²) in [5.41, 5.74) is -7.76. The lowest BCUT2D eigenvalue weighted by molar-refractivity contribution is -0.416. The minimum atomic E-state index is -2.62. The number of benzene rings is 1. The van der Waals surface area contributed by atoms with Crippen molar-refractivity contribution in [1.29, 1.82) is 0 Å². The van der Waals surface area contributed by atoms with E-state index >= 15 is 4.79 Å². The average molecular weight is 561 g/mol. The van der Waals surface area contributed by atoms with Gasteiger partial charge in [-0.25, -0.2) is 4.79 Å². The van der Waals surface area contributed by atoms with Crippen molar-refractivity contribution in [1.82, 2.24) is 0 Å². The zero-order chi connectivity index (χ0) is 29.6. The van der Waals surface area contributed by atoms with Gasteiger partial charge in [0.1, 0.15) is 18.3 Å². The number of hydrogen-bond acceptors (Lipinski definition) is 11. The van der Waals surface area contributed by atoms with Crippen molar-refractivity contribution in [2.24, 2.45) is 22.7 Å². The molecule has 218 valence electrons. The first-order valence-electron chi connectivity index (χ1n) is 13.3. The minimum Gasteiger partial charge on any atom is -0.463 e. The van der Waals surface area contributed by atoms with Crippen molar-refractivity contribution in [3.05, 3.63) is 48.0 Å². The van der Waals surface area contributed by atoms with Gasteiger partial charge in [0.05, 0.1) is 35.2 Å². The van der Waals surface area contributed by atoms with Crippen LogP contribution in [0.2, 0.25) is 0 Å². The number of ether oxygens (including phenoxy) is 3. The van der Waals surface area contributed by atoms with Gasteiger partial charge in [-0.1, -0.05) is 45.5 Å². The highest BCUT2D eigenvalue weighted by Crippen LogP contribution is 2.68. The third kappa shape index (κ3) is 3.42. The highest BCUT2D eigenvalue weighted by Gasteiger charge is 2.82. The molecule has 5 aliphatic rings. The van der Waals surface area contributed by atoms with E-state index in [1.54, 1.807) is 32.0 Å². The largest absolute Gasteiger partial charge is 0.463 e. The maximum Gasteiger partial charge on any atom is 0.339 e. The van der Waals surface area contributed by atoms with Crippen LogP contribution in [-0.4, -0.2) is 91.3 Å². The van der Waals surface area contributed by atoms with Crippen LogP contribution in [0.5, 0.6) is 0 Å². The molecule has 11 nitrogen and oxygen atoms in total. The molecule has 0 spiro atoms. The smallest absolute Gasteiger partial charge is 0.339 e. The van der Waals surface area contributed by atoms with E-state index in [-0.39, 0.29) is 12.0 Å². The molecule has 2 aliphatic heterocycles. The summed E-state index contributed by atoms with van der Waals surface area (Å²) >= 11 is 0. The molecule has 3 aliphatic carbocycles. The Morgan fingerprint density at radius 1 is 1.07 bits per heavy atom. The maximum atomic E-state index is 15.0. The molecule has 0 radical (unpaired) electrons. The predicted octanol–water partition coefficient (Wildman–Crippen LogP) is 0.258. The second-order valence-corrected chi connectivity index (χ2v) is 12.4. The van der Waals surface area contributed by atoms with E-state index in [1.165, 1.54) is 19.1 Å². The molecule has 0 amide bonds. The van der Waals surface area contributed by atoms with Gasteiger partial charge in [0.2, 0.25) is 5.79 Å². The summed E-state index contributed by atoms with van der Waals surface area (Å²) in [5.74, 6) is -8.19. The van der Waals surface area contributed by atoms with Gasteiger partial charge < -0.3 is 39.7 Å². The molecule has 0 aromatic heterocycles. The minimum absolute atomic E-state index is 0.136. The lowest BCUT2D eigenvalue weighted by Crippen LogP contribution is -2.85. The first kappa shape index (κ1) is 28.8. The molecule has 0 unspecified atom stereocenters. The number of rotatable bonds is 4. The molecule has 3 saturated carbocycles. The first-order valence-corrected chi connectivity index (χ1v) is 13.3. The van der Waals surface area contributed by atoms with Gasteiger partial charge in [-0.15, -0.1) is 0 Å². The molecule has 5 N–H and O–H groups in total. The standard InChI is InChI=1S/C29H36O11/c1-14-17-12-28(40-24(35)16-9-7-6-8-10-16)23(34)21-26(5,29(37,39-17)22(33)20(14)25(28,3)4)18(31)11-19(32)27(21,36)13-38-15(2)30/h6-10,17-22,31-33,36-37H,1,11-13H2,2-5H3/t17-,18-,19-,20+,21-,22-,26+,27-,28+,29+/m0/s1. The fourth-order valence-electron chi connectivity index (χ4n) is 7.82. The summed E-state index contributed by atoms with van der Waals surface area (Å²) in [6.45, 7) is 8.72. The number of hydrogen-bond donors (Lipinski definition) is 5. The van der Waals surface area contributed by atoms with Crippen LogP contribution in [-0.2, 0) is 23.8 Å². The molecule has 10 atom stereocenters. The maximum absolute atomic E-state index is 15.0. The van der Waals surface area contributed by atoms with Crippen LogP contribution in [0.4, 0.5) is 0 Å². The number of Topliss-reactive ketones (excluding diaryl/α,β-unsaturated/α-hetero) is 1. The lowest BCUT2D eigenvalue weighted by atomic mass is 9.41. The van der Waals surface area contributed by atoms with E-state index in [2.05, 4.69) is 6.58 Å². The lowest BCUT2D eigenvalue weighted by Gasteiger charge is -2.70. The van der Waals surface area contributed by atoms with Crippen LogP contribution < -0.4 is 0 Å². The van der Waals surface area contributed by atoms with Crippen LogP contribution in [0.25, 0.3) is 0 Å². The Morgan fingerprint density at radius 2 is 1.70 bits per heavy atom. The normalized spacial score (nSPS) is 45.3. The predicted molar refractivity (Wildman–Crippen MR) is 136 cm³/mol. The zero-order valence-electron chi connectivity index (χ0n) is 22.9. The number of carbonyl (C=O) groups excluding carboxylic acids is 3. The number of aliphatic hydroxyl groups is 5. The summed E-state index contributed by atoms with van der Waals surface area (Å²) in [6, 6.07) is 7.94. The Morgan fingerprint density at radius 3 is 2.30 bits per heavy atom. The second-order valence-electron chi connectivity index (χ2n) is 12.4. The molecule has 2 heterocycles. The van der Waals surface area contributed by atoms with Gasteiger partial charge in [-0.2, -0.15) is 0 Å². The second kappa shape index (κ2) is 8.91. The summed E-state index contributed by atoms with van der Waals surface area (Å²) < 4.78 is 17.3. The van der Waals surface area contributed by atoms with E-state index in [0.29, 0.717) is 5.57 Å². The Hall–Kier alpha value is -2.67. The van der Waals surface area contributed by atoms with Crippen LogP contribution in [0.1, 0.15) is 50.9 Å². The van der Waals surface area contributed by atoms with Crippen molar-refractivity contribution in [3.63, 3.8) is 0 Å². The number of esters is 2. The van der Waals surface area contributed by atoms with Gasteiger partial charge in [0, 0.05) is 31.1 Å². The van der Waals surface area contributed by atoms with Crippen LogP contribution >= 0.6 is 0 Å². The molecule has 1 aromatic rings. The first-order chi connectivity index (χ1) is 18.5. The van der Waals surface area contributed by atoms with Crippen molar-refractivity contribution in [3.8, 4) is 0 Å². The van der Waals surface area contributed by atoms with Crippen LogP contribution in [0.15, 0.2) is 42.5 Å². The van der Waals surface area contributed by atoms with Crippen LogP contribution in [0, 0.1) is 22.7 Å². The van der Waals surface area contributed by atoms with E-state index in [9.17, 15) is 35.1 Å². The molecular weight excluding hydrogens is 524 g/mol. The fourth-order valence-corrected chi connectivity index (χ4v) is 7.82. The van der Waals surface area contributed by atoms with E-state index in [0.717, 1.165) is 6.92 Å². The summed E-state index contributed by atoms with van der Waals surface area (Å²) in [7, 11) is 0. The molecule has 6 rings (SSSR count).